The zero-order chi connectivity index (χ0) is 10.1. The van der Waals surface area contributed by atoms with E-state index in [0.29, 0.717) is 19.6 Å². The van der Waals surface area contributed by atoms with E-state index in [1.807, 2.05) is 0 Å². The van der Waals surface area contributed by atoms with E-state index in [0.717, 1.165) is 12.8 Å². The summed E-state index contributed by atoms with van der Waals surface area (Å²) >= 11 is 0. The van der Waals surface area contributed by atoms with E-state index < -0.39 is 10.2 Å². The van der Waals surface area contributed by atoms with E-state index in [1.165, 1.54) is 4.31 Å². The second-order valence-corrected chi connectivity index (χ2v) is 5.51. The maximum absolute atomic E-state index is 11.0. The molecule has 0 saturated carbocycles. The lowest BCUT2D eigenvalue weighted by atomic mass is 9.81. The zero-order valence-corrected chi connectivity index (χ0v) is 8.68. The third kappa shape index (κ3) is 2.63. The number of piperidine rings is 1. The van der Waals surface area contributed by atoms with Crippen molar-refractivity contribution in [2.45, 2.75) is 19.8 Å². The van der Waals surface area contributed by atoms with Crippen LogP contribution < -0.4 is 10.9 Å². The molecule has 0 aromatic rings. The number of rotatable bonds is 2. The lowest BCUT2D eigenvalue weighted by Crippen LogP contribution is -2.46. The molecular weight excluding hydrogens is 190 g/mol. The molecule has 0 radical (unpaired) electrons. The standard InChI is InChI=1S/C7H17N3O2S/c1-7(6-8)2-4-10(5-3-7)13(9,11)12/h2-6,8H2,1H3,(H2,9,11,12). The first-order valence-electron chi connectivity index (χ1n) is 4.35. The van der Waals surface area contributed by atoms with E-state index >= 15 is 0 Å². The molecule has 0 aromatic carbocycles. The van der Waals surface area contributed by atoms with Crippen LogP contribution in [0.1, 0.15) is 19.8 Å². The zero-order valence-electron chi connectivity index (χ0n) is 7.86. The van der Waals surface area contributed by atoms with Gasteiger partial charge in [0.05, 0.1) is 0 Å². The Morgan fingerprint density at radius 3 is 2.15 bits per heavy atom. The van der Waals surface area contributed by atoms with E-state index in [1.54, 1.807) is 0 Å². The minimum Gasteiger partial charge on any atom is -0.330 e. The molecule has 13 heavy (non-hydrogen) atoms. The van der Waals surface area contributed by atoms with Crippen molar-refractivity contribution >= 4 is 10.2 Å². The van der Waals surface area contributed by atoms with Crippen LogP contribution in [0.25, 0.3) is 0 Å². The molecule has 1 aliphatic rings. The number of hydrogen-bond acceptors (Lipinski definition) is 3. The molecule has 1 rings (SSSR count). The number of hydrogen-bond donors (Lipinski definition) is 2. The normalized spacial score (nSPS) is 24.5. The third-order valence-electron chi connectivity index (χ3n) is 2.78. The van der Waals surface area contributed by atoms with Gasteiger partial charge < -0.3 is 5.73 Å². The molecule has 0 aromatic heterocycles. The minimum absolute atomic E-state index is 0.0845. The fourth-order valence-electron chi connectivity index (χ4n) is 1.48. The Hall–Kier alpha value is -0.170. The molecular formula is C7H17N3O2S. The smallest absolute Gasteiger partial charge is 0.276 e. The van der Waals surface area contributed by atoms with Gasteiger partial charge in [0.2, 0.25) is 0 Å². The summed E-state index contributed by atoms with van der Waals surface area (Å²) in [5, 5.41) is 5.01. The van der Waals surface area contributed by atoms with Crippen LogP contribution >= 0.6 is 0 Å². The molecule has 0 spiro atoms. The summed E-state index contributed by atoms with van der Waals surface area (Å²) in [6.07, 6.45) is 1.58. The lowest BCUT2D eigenvalue weighted by Gasteiger charge is -2.37. The van der Waals surface area contributed by atoms with Crippen molar-refractivity contribution in [1.29, 1.82) is 0 Å². The highest BCUT2D eigenvalue weighted by molar-refractivity contribution is 7.86. The van der Waals surface area contributed by atoms with Gasteiger partial charge in [-0.3, -0.25) is 0 Å². The molecule has 1 heterocycles. The molecule has 0 aliphatic carbocycles. The molecule has 1 fully saturated rings. The summed E-state index contributed by atoms with van der Waals surface area (Å²) in [6, 6.07) is 0. The quantitative estimate of drug-likeness (QED) is 0.624. The predicted octanol–water partition coefficient (Wildman–Crippen LogP) is -0.749. The Bertz CT molecular complexity index is 267. The predicted molar refractivity (Wildman–Crippen MR) is 51.1 cm³/mol. The van der Waals surface area contributed by atoms with Crippen LogP contribution in [-0.4, -0.2) is 32.4 Å². The second-order valence-electron chi connectivity index (χ2n) is 3.96. The van der Waals surface area contributed by atoms with Crippen LogP contribution in [0.2, 0.25) is 0 Å². The molecule has 0 atom stereocenters. The third-order valence-corrected chi connectivity index (χ3v) is 3.87. The van der Waals surface area contributed by atoms with Gasteiger partial charge in [-0.25, -0.2) is 5.14 Å². The van der Waals surface area contributed by atoms with Crippen molar-refractivity contribution in [1.82, 2.24) is 4.31 Å². The van der Waals surface area contributed by atoms with Crippen molar-refractivity contribution in [3.05, 3.63) is 0 Å². The van der Waals surface area contributed by atoms with Crippen molar-refractivity contribution in [3.8, 4) is 0 Å². The minimum atomic E-state index is -3.49. The second kappa shape index (κ2) is 3.53. The molecule has 5 nitrogen and oxygen atoms in total. The van der Waals surface area contributed by atoms with Gasteiger partial charge in [0.1, 0.15) is 0 Å². The van der Waals surface area contributed by atoms with Gasteiger partial charge in [0.15, 0.2) is 0 Å². The highest BCUT2D eigenvalue weighted by atomic mass is 32.2. The van der Waals surface area contributed by atoms with Gasteiger partial charge in [-0.15, -0.1) is 0 Å². The molecule has 78 valence electrons. The topological polar surface area (TPSA) is 89.4 Å². The molecule has 0 amide bonds. The van der Waals surface area contributed by atoms with Crippen molar-refractivity contribution in [2.75, 3.05) is 19.6 Å². The Balaban J connectivity index is 2.58. The van der Waals surface area contributed by atoms with E-state index in [-0.39, 0.29) is 5.41 Å². The van der Waals surface area contributed by atoms with Gasteiger partial charge >= 0.3 is 0 Å². The van der Waals surface area contributed by atoms with Crippen LogP contribution in [0.4, 0.5) is 0 Å². The summed E-state index contributed by atoms with van der Waals surface area (Å²) < 4.78 is 23.2. The Morgan fingerprint density at radius 1 is 1.38 bits per heavy atom. The van der Waals surface area contributed by atoms with E-state index in [4.69, 9.17) is 10.9 Å². The largest absolute Gasteiger partial charge is 0.330 e. The Kier molecular flexibility index (Phi) is 2.96. The maximum Gasteiger partial charge on any atom is 0.276 e. The summed E-state index contributed by atoms with van der Waals surface area (Å²) in [6.45, 7) is 3.66. The van der Waals surface area contributed by atoms with Gasteiger partial charge in [0.25, 0.3) is 10.2 Å². The fourth-order valence-corrected chi connectivity index (χ4v) is 2.18. The Labute approximate surface area is 79.3 Å². The van der Waals surface area contributed by atoms with Crippen LogP contribution in [0.3, 0.4) is 0 Å². The highest BCUT2D eigenvalue weighted by Gasteiger charge is 2.32. The summed E-state index contributed by atoms with van der Waals surface area (Å²) in [5.41, 5.74) is 5.68. The summed E-state index contributed by atoms with van der Waals surface area (Å²) in [7, 11) is -3.49. The van der Waals surface area contributed by atoms with Crippen LogP contribution in [-0.2, 0) is 10.2 Å². The first kappa shape index (κ1) is 10.9. The van der Waals surface area contributed by atoms with Crippen molar-refractivity contribution in [2.24, 2.45) is 16.3 Å². The van der Waals surface area contributed by atoms with Gasteiger partial charge in [-0.05, 0) is 24.8 Å². The fraction of sp³-hybridized carbons (Fsp3) is 1.00. The molecule has 1 saturated heterocycles. The first-order valence-corrected chi connectivity index (χ1v) is 5.86. The summed E-state index contributed by atoms with van der Waals surface area (Å²) in [4.78, 5) is 0. The number of nitrogens with two attached hydrogens (primary N) is 2. The van der Waals surface area contributed by atoms with Crippen LogP contribution in [0.5, 0.6) is 0 Å². The lowest BCUT2D eigenvalue weighted by molar-refractivity contribution is 0.183. The van der Waals surface area contributed by atoms with E-state index in [9.17, 15) is 8.42 Å². The number of nitrogens with zero attached hydrogens (tertiary/aromatic N) is 1. The maximum atomic E-state index is 11.0. The van der Waals surface area contributed by atoms with Gasteiger partial charge in [-0.2, -0.15) is 12.7 Å². The average molecular weight is 207 g/mol. The molecule has 6 heteroatoms. The molecule has 1 aliphatic heterocycles. The van der Waals surface area contributed by atoms with Crippen molar-refractivity contribution in [3.63, 3.8) is 0 Å². The summed E-state index contributed by atoms with van der Waals surface area (Å²) in [5.74, 6) is 0. The van der Waals surface area contributed by atoms with E-state index in [2.05, 4.69) is 6.92 Å². The van der Waals surface area contributed by atoms with Crippen LogP contribution in [0, 0.1) is 5.41 Å². The monoisotopic (exact) mass is 207 g/mol. The molecule has 0 bridgehead atoms. The van der Waals surface area contributed by atoms with Gasteiger partial charge in [-0.1, -0.05) is 6.92 Å². The average Bonchev–Trinajstić information content (AvgIpc) is 2.04. The molecule has 4 N–H and O–H groups in total. The highest BCUT2D eigenvalue weighted by Crippen LogP contribution is 2.29. The Morgan fingerprint density at radius 2 is 1.85 bits per heavy atom. The van der Waals surface area contributed by atoms with Gasteiger partial charge in [0, 0.05) is 13.1 Å². The SMILES string of the molecule is CC1(CN)CCN(S(N)(=O)=O)CC1. The molecule has 0 unspecified atom stereocenters. The first-order chi connectivity index (χ1) is 5.87. The van der Waals surface area contributed by atoms with Crippen LogP contribution in [0.15, 0.2) is 0 Å². The van der Waals surface area contributed by atoms with Crippen molar-refractivity contribution < 1.29 is 8.42 Å².